The Bertz CT molecular complexity index is 995. The van der Waals surface area contributed by atoms with Crippen LogP contribution in [0.3, 0.4) is 0 Å². The van der Waals surface area contributed by atoms with Crippen molar-refractivity contribution in [2.45, 2.75) is 58.5 Å². The molecule has 0 bridgehead atoms. The molecule has 1 atom stereocenters. The Hall–Kier alpha value is -2.25. The van der Waals surface area contributed by atoms with Gasteiger partial charge in [0.1, 0.15) is 0 Å². The fourth-order valence-corrected chi connectivity index (χ4v) is 4.89. The standard InChI is InChI=1S/C23H31N5OS/c1-16(2)28-22-19(15-25-28)18(14-20(26-22)21-9-6-13-30-21)23(29)24-10-7-12-27-11-5-4-8-17(27)3/h6,9,13-17H,4-5,7-8,10-12H2,1-3H3,(H,24,29). The van der Waals surface area contributed by atoms with E-state index in [9.17, 15) is 4.79 Å². The van der Waals surface area contributed by atoms with Crippen molar-refractivity contribution in [1.29, 1.82) is 0 Å². The zero-order chi connectivity index (χ0) is 21.1. The van der Waals surface area contributed by atoms with Crippen molar-refractivity contribution in [3.63, 3.8) is 0 Å². The maximum Gasteiger partial charge on any atom is 0.252 e. The highest BCUT2D eigenvalue weighted by atomic mass is 32.1. The second-order valence-electron chi connectivity index (χ2n) is 8.44. The molecular formula is C23H31N5OS. The predicted octanol–water partition coefficient (Wildman–Crippen LogP) is 4.74. The lowest BCUT2D eigenvalue weighted by Gasteiger charge is -2.33. The number of nitrogens with one attached hydrogen (secondary N) is 1. The summed E-state index contributed by atoms with van der Waals surface area (Å²) in [6.07, 6.45) is 6.64. The zero-order valence-corrected chi connectivity index (χ0v) is 18.9. The van der Waals surface area contributed by atoms with Gasteiger partial charge in [0.2, 0.25) is 0 Å². The minimum Gasteiger partial charge on any atom is -0.352 e. The van der Waals surface area contributed by atoms with Crippen molar-refractivity contribution in [3.8, 4) is 10.6 Å². The lowest BCUT2D eigenvalue weighted by molar-refractivity contribution is 0.0950. The molecule has 4 heterocycles. The van der Waals surface area contributed by atoms with Gasteiger partial charge < -0.3 is 10.2 Å². The third-order valence-electron chi connectivity index (χ3n) is 5.92. The first-order valence-corrected chi connectivity index (χ1v) is 11.9. The molecule has 0 spiro atoms. The van der Waals surface area contributed by atoms with Crippen molar-refractivity contribution >= 4 is 28.3 Å². The second kappa shape index (κ2) is 9.27. The van der Waals surface area contributed by atoms with Crippen LogP contribution in [0.4, 0.5) is 0 Å². The normalized spacial score (nSPS) is 17.7. The number of rotatable bonds is 7. The third-order valence-corrected chi connectivity index (χ3v) is 6.81. The Kier molecular flexibility index (Phi) is 6.49. The number of hydrogen-bond acceptors (Lipinski definition) is 5. The number of hydrogen-bond donors (Lipinski definition) is 1. The summed E-state index contributed by atoms with van der Waals surface area (Å²) in [5.41, 5.74) is 2.25. The molecule has 30 heavy (non-hydrogen) atoms. The minimum atomic E-state index is -0.0461. The molecule has 0 saturated carbocycles. The first-order valence-electron chi connectivity index (χ1n) is 11.0. The number of carbonyl (C=O) groups excluding carboxylic acids is 1. The molecule has 1 unspecified atom stereocenters. The van der Waals surface area contributed by atoms with Crippen molar-refractivity contribution < 1.29 is 4.79 Å². The van der Waals surface area contributed by atoms with E-state index in [1.54, 1.807) is 17.5 Å². The average molecular weight is 426 g/mol. The molecule has 1 saturated heterocycles. The molecule has 0 aromatic carbocycles. The highest BCUT2D eigenvalue weighted by Gasteiger charge is 2.20. The number of pyridine rings is 1. The molecule has 0 radical (unpaired) electrons. The van der Waals surface area contributed by atoms with E-state index in [4.69, 9.17) is 4.98 Å². The Labute approximate surface area is 182 Å². The van der Waals surface area contributed by atoms with Gasteiger partial charge >= 0.3 is 0 Å². The van der Waals surface area contributed by atoms with E-state index >= 15 is 0 Å². The number of thiophene rings is 1. The van der Waals surface area contributed by atoms with Crippen molar-refractivity contribution in [3.05, 3.63) is 35.3 Å². The maximum absolute atomic E-state index is 13.1. The summed E-state index contributed by atoms with van der Waals surface area (Å²) in [4.78, 5) is 21.5. The summed E-state index contributed by atoms with van der Waals surface area (Å²) in [5, 5.41) is 10.5. The van der Waals surface area contributed by atoms with Gasteiger partial charge in [0.25, 0.3) is 5.91 Å². The van der Waals surface area contributed by atoms with E-state index in [1.165, 1.54) is 25.8 Å². The Morgan fingerprint density at radius 3 is 2.97 bits per heavy atom. The fourth-order valence-electron chi connectivity index (χ4n) is 4.20. The summed E-state index contributed by atoms with van der Waals surface area (Å²) < 4.78 is 1.89. The van der Waals surface area contributed by atoms with Crippen LogP contribution in [0.2, 0.25) is 0 Å². The SMILES string of the molecule is CC1CCCCN1CCCNC(=O)c1cc(-c2cccs2)nc2c1cnn2C(C)C. The Morgan fingerprint density at radius 2 is 2.23 bits per heavy atom. The average Bonchev–Trinajstić information content (AvgIpc) is 3.41. The summed E-state index contributed by atoms with van der Waals surface area (Å²) >= 11 is 1.63. The summed E-state index contributed by atoms with van der Waals surface area (Å²) in [5.74, 6) is -0.0461. The number of amides is 1. The number of aromatic nitrogens is 3. The number of likely N-dealkylation sites (tertiary alicyclic amines) is 1. The lowest BCUT2D eigenvalue weighted by Crippen LogP contribution is -2.39. The van der Waals surface area contributed by atoms with E-state index in [0.717, 1.165) is 34.6 Å². The van der Waals surface area contributed by atoms with Gasteiger partial charge in [0, 0.05) is 25.2 Å². The van der Waals surface area contributed by atoms with Crippen molar-refractivity contribution in [1.82, 2.24) is 25.0 Å². The fraction of sp³-hybridized carbons (Fsp3) is 0.522. The summed E-state index contributed by atoms with van der Waals surface area (Å²) in [6.45, 7) is 9.36. The molecular weight excluding hydrogens is 394 g/mol. The molecule has 3 aromatic heterocycles. The van der Waals surface area contributed by atoms with Crippen LogP contribution in [0.1, 0.15) is 62.9 Å². The first kappa shape index (κ1) is 21.0. The van der Waals surface area contributed by atoms with Crippen molar-refractivity contribution in [2.24, 2.45) is 0 Å². The minimum absolute atomic E-state index is 0.0461. The second-order valence-corrected chi connectivity index (χ2v) is 9.39. The monoisotopic (exact) mass is 425 g/mol. The van der Waals surface area contributed by atoms with Gasteiger partial charge in [0.05, 0.1) is 27.7 Å². The van der Waals surface area contributed by atoms with Crippen LogP contribution in [0.25, 0.3) is 21.6 Å². The van der Waals surface area contributed by atoms with Crippen LogP contribution in [-0.2, 0) is 0 Å². The smallest absolute Gasteiger partial charge is 0.252 e. The molecule has 1 aliphatic heterocycles. The van der Waals surface area contributed by atoms with E-state index in [-0.39, 0.29) is 11.9 Å². The molecule has 1 fully saturated rings. The van der Waals surface area contributed by atoms with Crippen LogP contribution < -0.4 is 5.32 Å². The number of nitrogens with zero attached hydrogens (tertiary/aromatic N) is 4. The van der Waals surface area contributed by atoms with E-state index in [0.29, 0.717) is 18.2 Å². The molecule has 160 valence electrons. The van der Waals surface area contributed by atoms with Gasteiger partial charge in [-0.2, -0.15) is 5.10 Å². The van der Waals surface area contributed by atoms with Crippen LogP contribution in [0, 0.1) is 0 Å². The molecule has 1 aliphatic rings. The predicted molar refractivity (Wildman–Crippen MR) is 123 cm³/mol. The van der Waals surface area contributed by atoms with Crippen molar-refractivity contribution in [2.75, 3.05) is 19.6 Å². The Morgan fingerprint density at radius 1 is 1.37 bits per heavy atom. The van der Waals surface area contributed by atoms with Crippen LogP contribution >= 0.6 is 11.3 Å². The van der Waals surface area contributed by atoms with E-state index in [1.807, 2.05) is 28.3 Å². The highest BCUT2D eigenvalue weighted by Crippen LogP contribution is 2.29. The molecule has 7 heteroatoms. The summed E-state index contributed by atoms with van der Waals surface area (Å²) in [6, 6.07) is 6.78. The number of piperidine rings is 1. The quantitative estimate of drug-likeness (QED) is 0.556. The molecule has 3 aromatic rings. The third kappa shape index (κ3) is 4.42. The number of fused-ring (bicyclic) bond motifs is 1. The largest absolute Gasteiger partial charge is 0.352 e. The van der Waals surface area contributed by atoms with Gasteiger partial charge in [-0.05, 0) is 64.1 Å². The molecule has 1 N–H and O–H groups in total. The van der Waals surface area contributed by atoms with Crippen LogP contribution in [0.15, 0.2) is 29.8 Å². The topological polar surface area (TPSA) is 63.1 Å². The summed E-state index contributed by atoms with van der Waals surface area (Å²) in [7, 11) is 0. The lowest BCUT2D eigenvalue weighted by atomic mass is 10.0. The first-order chi connectivity index (χ1) is 14.5. The molecule has 4 rings (SSSR count). The molecule has 0 aliphatic carbocycles. The van der Waals surface area contributed by atoms with Crippen LogP contribution in [0.5, 0.6) is 0 Å². The van der Waals surface area contributed by atoms with E-state index < -0.39 is 0 Å². The van der Waals surface area contributed by atoms with Gasteiger partial charge in [-0.1, -0.05) is 12.5 Å². The van der Waals surface area contributed by atoms with Gasteiger partial charge in [-0.25, -0.2) is 9.67 Å². The van der Waals surface area contributed by atoms with Gasteiger partial charge in [-0.15, -0.1) is 11.3 Å². The maximum atomic E-state index is 13.1. The van der Waals surface area contributed by atoms with Gasteiger partial charge in [-0.3, -0.25) is 4.79 Å². The zero-order valence-electron chi connectivity index (χ0n) is 18.1. The van der Waals surface area contributed by atoms with Gasteiger partial charge in [0.15, 0.2) is 5.65 Å². The molecule has 6 nitrogen and oxygen atoms in total. The van der Waals surface area contributed by atoms with E-state index in [2.05, 4.69) is 36.1 Å². The van der Waals surface area contributed by atoms with Crippen LogP contribution in [-0.4, -0.2) is 51.2 Å². The number of carbonyl (C=O) groups is 1. The molecule has 1 amide bonds. The highest BCUT2D eigenvalue weighted by molar-refractivity contribution is 7.13. The Balaban J connectivity index is 1.51.